The van der Waals surface area contributed by atoms with Gasteiger partial charge in [-0.15, -0.1) is 0 Å². The van der Waals surface area contributed by atoms with Crippen molar-refractivity contribution in [2.24, 2.45) is 5.73 Å². The zero-order valence-electron chi connectivity index (χ0n) is 9.43. The highest BCUT2D eigenvalue weighted by atomic mass is 35.5. The van der Waals surface area contributed by atoms with Gasteiger partial charge in [0.2, 0.25) is 0 Å². The highest BCUT2D eigenvalue weighted by molar-refractivity contribution is 6.31. The van der Waals surface area contributed by atoms with E-state index in [4.69, 9.17) is 22.1 Å². The van der Waals surface area contributed by atoms with E-state index in [-0.39, 0.29) is 6.04 Å². The normalized spacial score (nSPS) is 12.2. The van der Waals surface area contributed by atoms with Crippen LogP contribution >= 0.6 is 11.6 Å². The van der Waals surface area contributed by atoms with Crippen LogP contribution in [0.3, 0.4) is 0 Å². The summed E-state index contributed by atoms with van der Waals surface area (Å²) in [5.41, 5.74) is 7.94. The molecule has 1 atom stereocenters. The predicted molar refractivity (Wildman–Crippen MR) is 68.3 cm³/mol. The minimum absolute atomic E-state index is 0.276. The van der Waals surface area contributed by atoms with E-state index in [1.54, 1.807) is 25.6 Å². The molecule has 0 bridgehead atoms. The Bertz CT molecular complexity index is 502. The smallest absolute Gasteiger partial charge is 0.120 e. The summed E-state index contributed by atoms with van der Waals surface area (Å²) in [6.45, 7) is 0. The van der Waals surface area contributed by atoms with E-state index in [1.807, 2.05) is 24.3 Å². The molecule has 88 valence electrons. The number of hydrogen-bond donors (Lipinski definition) is 1. The number of aromatic nitrogens is 1. The molecule has 1 aromatic carbocycles. The van der Waals surface area contributed by atoms with E-state index >= 15 is 0 Å². The molecule has 0 saturated heterocycles. The van der Waals surface area contributed by atoms with Gasteiger partial charge in [-0.3, -0.25) is 4.98 Å². The Morgan fingerprint density at radius 2 is 2.18 bits per heavy atom. The molecule has 3 nitrogen and oxygen atoms in total. The molecule has 0 fully saturated rings. The van der Waals surface area contributed by atoms with Crippen molar-refractivity contribution in [1.82, 2.24) is 4.98 Å². The van der Waals surface area contributed by atoms with Crippen LogP contribution in [0.1, 0.15) is 17.2 Å². The van der Waals surface area contributed by atoms with E-state index in [9.17, 15) is 0 Å². The Balaban J connectivity index is 2.34. The van der Waals surface area contributed by atoms with Crippen LogP contribution in [0, 0.1) is 0 Å². The third-order valence-electron chi connectivity index (χ3n) is 2.59. The van der Waals surface area contributed by atoms with Gasteiger partial charge in [-0.25, -0.2) is 0 Å². The maximum absolute atomic E-state index is 6.17. The lowest BCUT2D eigenvalue weighted by atomic mass is 10.0. The van der Waals surface area contributed by atoms with Gasteiger partial charge in [-0.05, 0) is 29.3 Å². The van der Waals surface area contributed by atoms with E-state index in [0.29, 0.717) is 5.02 Å². The first-order chi connectivity index (χ1) is 8.22. The average molecular weight is 249 g/mol. The standard InChI is InChI=1S/C13H13ClN2O/c1-17-10-4-5-11(12(14)7-10)13(15)9-3-2-6-16-8-9/h2-8,13H,15H2,1H3. The maximum Gasteiger partial charge on any atom is 0.120 e. The van der Waals surface area contributed by atoms with Gasteiger partial charge < -0.3 is 10.5 Å². The van der Waals surface area contributed by atoms with Crippen LogP contribution in [-0.4, -0.2) is 12.1 Å². The molecule has 2 N–H and O–H groups in total. The molecule has 0 amide bonds. The van der Waals surface area contributed by atoms with Gasteiger partial charge in [-0.1, -0.05) is 23.7 Å². The minimum atomic E-state index is -0.276. The van der Waals surface area contributed by atoms with E-state index in [0.717, 1.165) is 16.9 Å². The molecule has 2 rings (SSSR count). The van der Waals surface area contributed by atoms with Crippen LogP contribution in [0.5, 0.6) is 5.75 Å². The molecule has 0 aliphatic carbocycles. The van der Waals surface area contributed by atoms with Crippen molar-refractivity contribution >= 4 is 11.6 Å². The molecule has 0 radical (unpaired) electrons. The zero-order chi connectivity index (χ0) is 12.3. The minimum Gasteiger partial charge on any atom is -0.497 e. The van der Waals surface area contributed by atoms with Gasteiger partial charge in [0.25, 0.3) is 0 Å². The van der Waals surface area contributed by atoms with Crippen molar-refractivity contribution in [2.45, 2.75) is 6.04 Å². The fraction of sp³-hybridized carbons (Fsp3) is 0.154. The Hall–Kier alpha value is -1.58. The first-order valence-electron chi connectivity index (χ1n) is 5.21. The van der Waals surface area contributed by atoms with Crippen molar-refractivity contribution in [3.63, 3.8) is 0 Å². The number of methoxy groups -OCH3 is 1. The molecule has 0 saturated carbocycles. The summed E-state index contributed by atoms with van der Waals surface area (Å²) < 4.78 is 5.10. The maximum atomic E-state index is 6.17. The average Bonchev–Trinajstić information content (AvgIpc) is 2.39. The summed E-state index contributed by atoms with van der Waals surface area (Å²) in [6.07, 6.45) is 3.46. The van der Waals surface area contributed by atoms with Crippen molar-refractivity contribution in [3.05, 3.63) is 58.9 Å². The number of nitrogens with two attached hydrogens (primary N) is 1. The number of benzene rings is 1. The molecule has 0 aliphatic rings. The molecule has 17 heavy (non-hydrogen) atoms. The SMILES string of the molecule is COc1ccc(C(N)c2cccnc2)c(Cl)c1. The molecular weight excluding hydrogens is 236 g/mol. The molecule has 0 spiro atoms. The number of hydrogen-bond acceptors (Lipinski definition) is 3. The van der Waals surface area contributed by atoms with Crippen LogP contribution in [0.2, 0.25) is 5.02 Å². The second-order valence-corrected chi connectivity index (χ2v) is 4.06. The molecule has 2 aromatic rings. The van der Waals surface area contributed by atoms with E-state index < -0.39 is 0 Å². The Morgan fingerprint density at radius 3 is 2.76 bits per heavy atom. The molecule has 4 heteroatoms. The molecule has 1 unspecified atom stereocenters. The topological polar surface area (TPSA) is 48.1 Å². The summed E-state index contributed by atoms with van der Waals surface area (Å²) in [5.74, 6) is 0.720. The fourth-order valence-corrected chi connectivity index (χ4v) is 1.91. The lowest BCUT2D eigenvalue weighted by Gasteiger charge is -2.14. The first kappa shape index (κ1) is 11.9. The Kier molecular flexibility index (Phi) is 3.61. The van der Waals surface area contributed by atoms with Crippen LogP contribution in [0.25, 0.3) is 0 Å². The van der Waals surface area contributed by atoms with Gasteiger partial charge in [0.05, 0.1) is 13.2 Å². The van der Waals surface area contributed by atoms with Crippen LogP contribution in [-0.2, 0) is 0 Å². The highest BCUT2D eigenvalue weighted by Crippen LogP contribution is 2.29. The highest BCUT2D eigenvalue weighted by Gasteiger charge is 2.13. The number of nitrogens with zero attached hydrogens (tertiary/aromatic N) is 1. The lowest BCUT2D eigenvalue weighted by Crippen LogP contribution is -2.12. The van der Waals surface area contributed by atoms with Crippen molar-refractivity contribution in [2.75, 3.05) is 7.11 Å². The summed E-state index contributed by atoms with van der Waals surface area (Å²) in [4.78, 5) is 4.05. The third kappa shape index (κ3) is 2.57. The molecular formula is C13H13ClN2O. The number of halogens is 1. The van der Waals surface area contributed by atoms with Crippen molar-refractivity contribution in [3.8, 4) is 5.75 Å². The third-order valence-corrected chi connectivity index (χ3v) is 2.91. The monoisotopic (exact) mass is 248 g/mol. The molecule has 0 aliphatic heterocycles. The van der Waals surface area contributed by atoms with Gasteiger partial charge in [0, 0.05) is 17.4 Å². The second kappa shape index (κ2) is 5.17. The number of ether oxygens (including phenoxy) is 1. The van der Waals surface area contributed by atoms with Gasteiger partial charge in [0.15, 0.2) is 0 Å². The van der Waals surface area contributed by atoms with Crippen LogP contribution in [0.15, 0.2) is 42.7 Å². The van der Waals surface area contributed by atoms with E-state index in [2.05, 4.69) is 4.98 Å². The summed E-state index contributed by atoms with van der Waals surface area (Å²) in [5, 5.41) is 0.598. The number of rotatable bonds is 3. The number of pyridine rings is 1. The lowest BCUT2D eigenvalue weighted by molar-refractivity contribution is 0.414. The second-order valence-electron chi connectivity index (χ2n) is 3.65. The van der Waals surface area contributed by atoms with Gasteiger partial charge >= 0.3 is 0 Å². The predicted octanol–water partition coefficient (Wildman–Crippen LogP) is 2.79. The van der Waals surface area contributed by atoms with Gasteiger partial charge in [-0.2, -0.15) is 0 Å². The zero-order valence-corrected chi connectivity index (χ0v) is 10.2. The summed E-state index contributed by atoms with van der Waals surface area (Å²) in [7, 11) is 1.60. The largest absolute Gasteiger partial charge is 0.497 e. The van der Waals surface area contributed by atoms with E-state index in [1.165, 1.54) is 0 Å². The fourth-order valence-electron chi connectivity index (χ4n) is 1.63. The Morgan fingerprint density at radius 1 is 1.35 bits per heavy atom. The molecule has 1 aromatic heterocycles. The quantitative estimate of drug-likeness (QED) is 0.909. The first-order valence-corrected chi connectivity index (χ1v) is 5.59. The van der Waals surface area contributed by atoms with Crippen LogP contribution < -0.4 is 10.5 Å². The van der Waals surface area contributed by atoms with Crippen molar-refractivity contribution in [1.29, 1.82) is 0 Å². The summed E-state index contributed by atoms with van der Waals surface area (Å²) in [6, 6.07) is 8.98. The molecule has 1 heterocycles. The van der Waals surface area contributed by atoms with Crippen LogP contribution in [0.4, 0.5) is 0 Å². The summed E-state index contributed by atoms with van der Waals surface area (Å²) >= 11 is 6.17. The van der Waals surface area contributed by atoms with Crippen molar-refractivity contribution < 1.29 is 4.74 Å². The van der Waals surface area contributed by atoms with Gasteiger partial charge in [0.1, 0.15) is 5.75 Å². The Labute approximate surface area is 105 Å².